The van der Waals surface area contributed by atoms with Crippen molar-refractivity contribution in [3.05, 3.63) is 70.8 Å². The highest BCUT2D eigenvalue weighted by molar-refractivity contribution is 5.38. The predicted octanol–water partition coefficient (Wildman–Crippen LogP) is 2.76. The average molecular weight is 240 g/mol. The van der Waals surface area contributed by atoms with Crippen LogP contribution in [0.15, 0.2) is 48.5 Å². The zero-order valence-corrected chi connectivity index (χ0v) is 10.8. The molecule has 0 aromatic heterocycles. The normalized spacial score (nSPS) is 12.4. The first-order valence-corrected chi connectivity index (χ1v) is 6.33. The summed E-state index contributed by atoms with van der Waals surface area (Å²) in [4.78, 5) is 0. The van der Waals surface area contributed by atoms with E-state index in [-0.39, 0.29) is 0 Å². The molecule has 2 aromatic rings. The Bertz CT molecular complexity index is 520. The largest absolute Gasteiger partial charge is 0.326 e. The minimum atomic E-state index is 0.344. The van der Waals surface area contributed by atoms with Gasteiger partial charge in [-0.05, 0) is 22.3 Å². The lowest BCUT2D eigenvalue weighted by atomic mass is 9.89. The van der Waals surface area contributed by atoms with E-state index in [4.69, 9.17) is 11.5 Å². The third-order valence-corrected chi connectivity index (χ3v) is 3.43. The van der Waals surface area contributed by atoms with Crippen LogP contribution in [-0.4, -0.2) is 0 Å². The summed E-state index contributed by atoms with van der Waals surface area (Å²) in [7, 11) is 0. The van der Waals surface area contributed by atoms with Crippen molar-refractivity contribution in [3.8, 4) is 0 Å². The van der Waals surface area contributed by atoms with Crippen molar-refractivity contribution in [3.63, 3.8) is 0 Å². The van der Waals surface area contributed by atoms with Crippen LogP contribution in [0.25, 0.3) is 0 Å². The van der Waals surface area contributed by atoms with E-state index < -0.39 is 0 Å². The van der Waals surface area contributed by atoms with Gasteiger partial charge in [0, 0.05) is 19.0 Å². The number of nitrogens with two attached hydrogens (primary N) is 2. The fourth-order valence-electron chi connectivity index (χ4n) is 2.31. The molecule has 0 aliphatic heterocycles. The monoisotopic (exact) mass is 240 g/mol. The maximum absolute atomic E-state index is 5.80. The van der Waals surface area contributed by atoms with Crippen LogP contribution in [0, 0.1) is 0 Å². The summed E-state index contributed by atoms with van der Waals surface area (Å²) in [5, 5.41) is 0. The second kappa shape index (κ2) is 5.80. The van der Waals surface area contributed by atoms with Crippen LogP contribution < -0.4 is 11.5 Å². The van der Waals surface area contributed by atoms with Gasteiger partial charge in [0.2, 0.25) is 0 Å². The molecule has 4 N–H and O–H groups in total. The summed E-state index contributed by atoms with van der Waals surface area (Å²) in [6.07, 6.45) is 0. The molecule has 94 valence electrons. The minimum absolute atomic E-state index is 0.344. The Hall–Kier alpha value is -1.64. The van der Waals surface area contributed by atoms with Gasteiger partial charge in [0.25, 0.3) is 0 Å². The fourth-order valence-corrected chi connectivity index (χ4v) is 2.31. The Morgan fingerprint density at radius 3 is 2.44 bits per heavy atom. The lowest BCUT2D eigenvalue weighted by molar-refractivity contribution is 0.880. The maximum atomic E-state index is 5.80. The van der Waals surface area contributed by atoms with E-state index in [1.807, 2.05) is 6.07 Å². The highest BCUT2D eigenvalue weighted by Gasteiger charge is 2.11. The fraction of sp³-hybridized carbons (Fsp3) is 0.250. The lowest BCUT2D eigenvalue weighted by Crippen LogP contribution is -2.06. The molecule has 0 heterocycles. The molecule has 0 aliphatic rings. The van der Waals surface area contributed by atoms with Crippen molar-refractivity contribution in [2.45, 2.75) is 25.9 Å². The Labute approximate surface area is 109 Å². The molecule has 1 atom stereocenters. The van der Waals surface area contributed by atoms with E-state index in [0.717, 1.165) is 0 Å². The van der Waals surface area contributed by atoms with Crippen molar-refractivity contribution < 1.29 is 0 Å². The molecule has 0 saturated carbocycles. The van der Waals surface area contributed by atoms with Crippen LogP contribution in [0.1, 0.15) is 35.1 Å². The summed E-state index contributed by atoms with van der Waals surface area (Å²) in [6, 6.07) is 16.8. The highest BCUT2D eigenvalue weighted by Crippen LogP contribution is 2.27. The Morgan fingerprint density at radius 2 is 1.72 bits per heavy atom. The number of hydrogen-bond acceptors (Lipinski definition) is 2. The van der Waals surface area contributed by atoms with Crippen LogP contribution in [0.4, 0.5) is 0 Å². The molecular formula is C16H20N2. The molecule has 0 amide bonds. The van der Waals surface area contributed by atoms with Gasteiger partial charge in [-0.1, -0.05) is 55.5 Å². The molecule has 2 nitrogen and oxygen atoms in total. The van der Waals surface area contributed by atoms with Gasteiger partial charge in [-0.2, -0.15) is 0 Å². The molecule has 0 spiro atoms. The van der Waals surface area contributed by atoms with E-state index in [1.54, 1.807) is 0 Å². The first kappa shape index (κ1) is 12.8. The van der Waals surface area contributed by atoms with Gasteiger partial charge in [0.1, 0.15) is 0 Å². The van der Waals surface area contributed by atoms with Gasteiger partial charge in [0.05, 0.1) is 0 Å². The zero-order valence-electron chi connectivity index (χ0n) is 10.8. The smallest absolute Gasteiger partial charge is 0.0181 e. The molecule has 0 radical (unpaired) electrons. The lowest BCUT2D eigenvalue weighted by Gasteiger charge is -2.17. The molecule has 2 rings (SSSR count). The van der Waals surface area contributed by atoms with Crippen molar-refractivity contribution in [1.82, 2.24) is 0 Å². The van der Waals surface area contributed by atoms with E-state index in [1.165, 1.54) is 22.3 Å². The van der Waals surface area contributed by atoms with E-state index in [2.05, 4.69) is 49.4 Å². The zero-order chi connectivity index (χ0) is 13.0. The Balaban J connectivity index is 2.37. The van der Waals surface area contributed by atoms with Gasteiger partial charge in [-0.3, -0.25) is 0 Å². The first-order chi connectivity index (χ1) is 8.76. The third-order valence-electron chi connectivity index (χ3n) is 3.43. The van der Waals surface area contributed by atoms with Gasteiger partial charge >= 0.3 is 0 Å². The van der Waals surface area contributed by atoms with E-state index in [0.29, 0.717) is 19.0 Å². The van der Waals surface area contributed by atoms with Gasteiger partial charge < -0.3 is 11.5 Å². The summed E-state index contributed by atoms with van der Waals surface area (Å²) >= 11 is 0. The summed E-state index contributed by atoms with van der Waals surface area (Å²) in [5.41, 5.74) is 16.5. The van der Waals surface area contributed by atoms with Crippen LogP contribution in [0.3, 0.4) is 0 Å². The number of benzene rings is 2. The van der Waals surface area contributed by atoms with Crippen molar-refractivity contribution in [1.29, 1.82) is 0 Å². The summed E-state index contributed by atoms with van der Waals surface area (Å²) in [5.74, 6) is 0.344. The SMILES string of the molecule is CC(c1cccc(CN)c1)c1ccccc1CN. The third kappa shape index (κ3) is 2.61. The van der Waals surface area contributed by atoms with Crippen molar-refractivity contribution in [2.75, 3.05) is 0 Å². The van der Waals surface area contributed by atoms with Crippen molar-refractivity contribution >= 4 is 0 Å². The van der Waals surface area contributed by atoms with Crippen LogP contribution in [-0.2, 0) is 13.1 Å². The first-order valence-electron chi connectivity index (χ1n) is 6.33. The Kier molecular flexibility index (Phi) is 4.13. The van der Waals surface area contributed by atoms with E-state index >= 15 is 0 Å². The van der Waals surface area contributed by atoms with E-state index in [9.17, 15) is 0 Å². The standard InChI is InChI=1S/C16H20N2/c1-12(14-7-4-5-13(9-14)10-17)16-8-3-2-6-15(16)11-18/h2-9,12H,10-11,17-18H2,1H3. The molecule has 0 saturated heterocycles. The van der Waals surface area contributed by atoms with Gasteiger partial charge in [-0.25, -0.2) is 0 Å². The maximum Gasteiger partial charge on any atom is 0.0181 e. The van der Waals surface area contributed by atoms with Crippen LogP contribution >= 0.6 is 0 Å². The molecule has 0 fully saturated rings. The second-order valence-electron chi connectivity index (χ2n) is 4.57. The number of hydrogen-bond donors (Lipinski definition) is 2. The molecule has 0 bridgehead atoms. The molecule has 2 aromatic carbocycles. The highest BCUT2D eigenvalue weighted by atomic mass is 14.5. The number of rotatable bonds is 4. The quantitative estimate of drug-likeness (QED) is 0.863. The van der Waals surface area contributed by atoms with Crippen molar-refractivity contribution in [2.24, 2.45) is 11.5 Å². The van der Waals surface area contributed by atoms with Crippen LogP contribution in [0.5, 0.6) is 0 Å². The molecule has 2 heteroatoms. The second-order valence-corrected chi connectivity index (χ2v) is 4.57. The van der Waals surface area contributed by atoms with Gasteiger partial charge in [-0.15, -0.1) is 0 Å². The topological polar surface area (TPSA) is 52.0 Å². The van der Waals surface area contributed by atoms with Gasteiger partial charge in [0.15, 0.2) is 0 Å². The molecule has 1 unspecified atom stereocenters. The Morgan fingerprint density at radius 1 is 0.944 bits per heavy atom. The summed E-state index contributed by atoms with van der Waals surface area (Å²) < 4.78 is 0. The van der Waals surface area contributed by atoms with Crippen LogP contribution in [0.2, 0.25) is 0 Å². The minimum Gasteiger partial charge on any atom is -0.326 e. The molecule has 18 heavy (non-hydrogen) atoms. The molecular weight excluding hydrogens is 220 g/mol. The predicted molar refractivity (Wildman–Crippen MR) is 76.2 cm³/mol. The summed E-state index contributed by atoms with van der Waals surface area (Å²) in [6.45, 7) is 3.38. The average Bonchev–Trinajstić information content (AvgIpc) is 2.46. The molecule has 0 aliphatic carbocycles.